The van der Waals surface area contributed by atoms with Crippen LogP contribution in [0.4, 0.5) is 5.69 Å². The number of hydrogen-bond donors (Lipinski definition) is 2. The number of carbonyl (C=O) groups excluding carboxylic acids is 1. The zero-order chi connectivity index (χ0) is 31.3. The summed E-state index contributed by atoms with van der Waals surface area (Å²) in [6.07, 6.45) is 15.5. The van der Waals surface area contributed by atoms with E-state index in [2.05, 4.69) is 40.7 Å². The largest absolute Gasteiger partial charge is 0.462 e. The molecule has 2 aliphatic heterocycles. The van der Waals surface area contributed by atoms with Crippen LogP contribution in [-0.2, 0) is 14.2 Å². The summed E-state index contributed by atoms with van der Waals surface area (Å²) in [6, 6.07) is 6.72. The van der Waals surface area contributed by atoms with Gasteiger partial charge in [-0.25, -0.2) is 4.79 Å². The number of carbonyl (C=O) groups is 1. The first-order valence-corrected chi connectivity index (χ1v) is 17.7. The minimum atomic E-state index is -0.303. The zero-order valence-corrected chi connectivity index (χ0v) is 27.9. The number of unbranched alkanes of at least 4 members (excludes halogenated alkanes) is 1. The van der Waals surface area contributed by atoms with Crippen LogP contribution in [0, 0.1) is 46.3 Å². The number of aliphatic hydroxyl groups is 1. The summed E-state index contributed by atoms with van der Waals surface area (Å²) < 4.78 is 18.4. The molecule has 0 bridgehead atoms. The Hall–Kier alpha value is -1.89. The van der Waals surface area contributed by atoms with Gasteiger partial charge in [0, 0.05) is 18.0 Å². The second-order valence-corrected chi connectivity index (χ2v) is 15.8. The highest BCUT2D eigenvalue weighted by atomic mass is 16.7. The van der Waals surface area contributed by atoms with Crippen LogP contribution in [0.5, 0.6) is 0 Å². The molecule has 2 saturated heterocycles. The number of hydrogen-bond acceptors (Lipinski definition) is 6. The maximum atomic E-state index is 11.4. The predicted octanol–water partition coefficient (Wildman–Crippen LogP) is 7.94. The van der Waals surface area contributed by atoms with Gasteiger partial charge in [0.2, 0.25) is 0 Å². The van der Waals surface area contributed by atoms with Gasteiger partial charge in [-0.1, -0.05) is 52.7 Å². The van der Waals surface area contributed by atoms with E-state index in [-0.39, 0.29) is 17.9 Å². The lowest BCUT2D eigenvalue weighted by Crippen LogP contribution is -2.50. The number of nitrogens with two attached hydrogens (primary N) is 1. The molecule has 6 aliphatic rings. The fourth-order valence-corrected chi connectivity index (χ4v) is 10.5. The highest BCUT2D eigenvalue weighted by Gasteiger charge is 2.67. The molecule has 6 heteroatoms. The van der Waals surface area contributed by atoms with Crippen LogP contribution < -0.4 is 5.73 Å². The van der Waals surface area contributed by atoms with Gasteiger partial charge in [0.1, 0.15) is 0 Å². The number of allylic oxidation sites excluding steroid dienone is 2. The Morgan fingerprint density at radius 3 is 2.55 bits per heavy atom. The molecule has 1 aromatic rings. The van der Waals surface area contributed by atoms with Gasteiger partial charge < -0.3 is 25.1 Å². The molecule has 5 fully saturated rings. The predicted molar refractivity (Wildman–Crippen MR) is 174 cm³/mol. The smallest absolute Gasteiger partial charge is 0.338 e. The summed E-state index contributed by atoms with van der Waals surface area (Å²) in [5, 5.41) is 10.3. The summed E-state index contributed by atoms with van der Waals surface area (Å²) in [5.41, 5.74) is 9.16. The molecule has 6 nitrogen and oxygen atoms in total. The van der Waals surface area contributed by atoms with Gasteiger partial charge in [-0.2, -0.15) is 0 Å². The molecule has 0 aromatic heterocycles. The topological polar surface area (TPSA) is 91.0 Å². The Labute approximate surface area is 265 Å². The lowest BCUT2D eigenvalue weighted by Gasteiger charge is -2.57. The van der Waals surface area contributed by atoms with Crippen LogP contribution in [0.2, 0.25) is 0 Å². The fraction of sp³-hybridized carbons (Fsp3) is 0.763. The Bertz CT molecular complexity index is 1200. The van der Waals surface area contributed by atoms with Crippen molar-refractivity contribution in [2.45, 2.75) is 123 Å². The molecule has 0 amide bonds. The van der Waals surface area contributed by atoms with E-state index in [9.17, 15) is 9.90 Å². The van der Waals surface area contributed by atoms with Gasteiger partial charge in [-0.05, 0) is 122 Å². The quantitative estimate of drug-likeness (QED) is 0.156. The summed E-state index contributed by atoms with van der Waals surface area (Å²) in [5.74, 6) is 3.40. The average Bonchev–Trinajstić information content (AvgIpc) is 3.45. The third kappa shape index (κ3) is 5.55. The molecule has 1 aromatic carbocycles. The van der Waals surface area contributed by atoms with Gasteiger partial charge in [0.05, 0.1) is 31.0 Å². The summed E-state index contributed by atoms with van der Waals surface area (Å²) in [6.45, 7) is 13.3. The molecule has 244 valence electrons. The van der Waals surface area contributed by atoms with Gasteiger partial charge in [-0.3, -0.25) is 0 Å². The molecule has 2 heterocycles. The Balaban J connectivity index is 0.000000208. The van der Waals surface area contributed by atoms with Crippen LogP contribution in [-0.4, -0.2) is 42.3 Å². The van der Waals surface area contributed by atoms with Gasteiger partial charge in [0.15, 0.2) is 5.79 Å². The molecular formula is C38H57NO5. The second kappa shape index (κ2) is 12.4. The molecule has 7 rings (SSSR count). The van der Waals surface area contributed by atoms with Crippen molar-refractivity contribution in [2.24, 2.45) is 46.3 Å². The van der Waals surface area contributed by atoms with Crippen molar-refractivity contribution in [1.29, 1.82) is 0 Å². The first kappa shape index (κ1) is 32.1. The van der Waals surface area contributed by atoms with Crippen molar-refractivity contribution >= 4 is 11.7 Å². The third-order valence-corrected chi connectivity index (χ3v) is 13.1. The molecule has 44 heavy (non-hydrogen) atoms. The number of ether oxygens (including phenoxy) is 3. The van der Waals surface area contributed by atoms with Gasteiger partial charge in [-0.15, -0.1) is 0 Å². The third-order valence-electron chi connectivity index (χ3n) is 13.1. The van der Waals surface area contributed by atoms with Gasteiger partial charge >= 0.3 is 5.97 Å². The van der Waals surface area contributed by atoms with E-state index in [4.69, 9.17) is 19.9 Å². The molecular weight excluding hydrogens is 550 g/mol. The Kier molecular flexibility index (Phi) is 9.02. The summed E-state index contributed by atoms with van der Waals surface area (Å²) in [4.78, 5) is 11.4. The molecule has 3 N–H and O–H groups in total. The Morgan fingerprint density at radius 1 is 1.07 bits per heavy atom. The molecule has 3 saturated carbocycles. The van der Waals surface area contributed by atoms with Crippen molar-refractivity contribution in [3.63, 3.8) is 0 Å². The van der Waals surface area contributed by atoms with Crippen molar-refractivity contribution in [3.05, 3.63) is 41.5 Å². The summed E-state index contributed by atoms with van der Waals surface area (Å²) >= 11 is 0. The molecule has 4 aliphatic carbocycles. The second-order valence-electron chi connectivity index (χ2n) is 15.8. The van der Waals surface area contributed by atoms with E-state index in [0.29, 0.717) is 58.5 Å². The molecule has 0 radical (unpaired) electrons. The van der Waals surface area contributed by atoms with Crippen molar-refractivity contribution < 1.29 is 24.1 Å². The normalized spacial score (nSPS) is 43.9. The number of aliphatic hydroxyl groups excluding tert-OH is 1. The van der Waals surface area contributed by atoms with Gasteiger partial charge in [0.25, 0.3) is 0 Å². The van der Waals surface area contributed by atoms with E-state index in [1.54, 1.807) is 29.8 Å². The number of nitrogen functional groups attached to an aromatic ring is 1. The van der Waals surface area contributed by atoms with Crippen molar-refractivity contribution in [3.8, 4) is 0 Å². The maximum absolute atomic E-state index is 11.4. The Morgan fingerprint density at radius 2 is 1.84 bits per heavy atom. The number of anilines is 1. The van der Waals surface area contributed by atoms with E-state index >= 15 is 0 Å². The molecule has 11 unspecified atom stereocenters. The van der Waals surface area contributed by atoms with Crippen molar-refractivity contribution in [2.75, 3.05) is 18.9 Å². The van der Waals surface area contributed by atoms with Crippen LogP contribution in [0.25, 0.3) is 0 Å². The fourth-order valence-electron chi connectivity index (χ4n) is 10.5. The van der Waals surface area contributed by atoms with Crippen LogP contribution in [0.15, 0.2) is 35.9 Å². The zero-order valence-electron chi connectivity index (χ0n) is 27.9. The first-order valence-electron chi connectivity index (χ1n) is 17.7. The lowest BCUT2D eigenvalue weighted by molar-refractivity contribution is -0.272. The minimum Gasteiger partial charge on any atom is -0.462 e. The lowest BCUT2D eigenvalue weighted by atomic mass is 9.48. The number of esters is 1. The van der Waals surface area contributed by atoms with E-state index < -0.39 is 0 Å². The standard InChI is InChI=1S/C27H42O3.C11H15NO2/c1-16-7-12-27(29-15-16)17(2)24-23(30-27)14-22-20-6-5-18-13-19(28)8-10-25(18,3)21(20)9-11-26(22,24)4;1-2-3-8-14-11(13)9-4-6-10(12)7-5-9/h9,16-20,22-24,28H,5-8,10-15H2,1-4H3;4-7H,2-3,8,12H2,1H3. The maximum Gasteiger partial charge on any atom is 0.338 e. The monoisotopic (exact) mass is 607 g/mol. The highest BCUT2D eigenvalue weighted by molar-refractivity contribution is 5.89. The van der Waals surface area contributed by atoms with E-state index in [1.165, 1.54) is 38.5 Å². The molecule has 11 atom stereocenters. The summed E-state index contributed by atoms with van der Waals surface area (Å²) in [7, 11) is 0. The van der Waals surface area contributed by atoms with Crippen LogP contribution in [0.1, 0.15) is 116 Å². The van der Waals surface area contributed by atoms with E-state index in [1.807, 2.05) is 0 Å². The number of rotatable bonds is 4. The number of benzene rings is 1. The van der Waals surface area contributed by atoms with Crippen molar-refractivity contribution in [1.82, 2.24) is 0 Å². The minimum absolute atomic E-state index is 0.0661. The molecule has 1 spiro atoms. The van der Waals surface area contributed by atoms with Crippen LogP contribution in [0.3, 0.4) is 0 Å². The first-order chi connectivity index (χ1) is 21.0. The SMILES string of the molecule is CC1CCC2(OC1)OC1CC3C4CCC5CC(O)CCC5(C)C4=CCC3(C)C1C2C.CCCCOC(=O)c1ccc(N)cc1. The van der Waals surface area contributed by atoms with Crippen LogP contribution >= 0.6 is 0 Å². The van der Waals surface area contributed by atoms with E-state index in [0.717, 1.165) is 50.5 Å². The average molecular weight is 608 g/mol. The highest BCUT2D eigenvalue weighted by Crippen LogP contribution is 2.69. The number of fused-ring (bicyclic) bond motifs is 7.